The molecular formula is C13H9ClO2P+. The van der Waals surface area contributed by atoms with Crippen molar-refractivity contribution in [2.75, 3.05) is 0 Å². The van der Waals surface area contributed by atoms with Crippen LogP contribution in [-0.4, -0.2) is 5.24 Å². The van der Waals surface area contributed by atoms with Gasteiger partial charge >= 0.3 is 7.80 Å². The summed E-state index contributed by atoms with van der Waals surface area (Å²) in [6.07, 6.45) is 0. The number of halogens is 1. The van der Waals surface area contributed by atoms with Gasteiger partial charge in [-0.2, -0.15) is 0 Å². The largest absolute Gasteiger partial charge is 0.415 e. The molecule has 0 amide bonds. The van der Waals surface area contributed by atoms with Crippen LogP contribution in [0.5, 0.6) is 0 Å². The summed E-state index contributed by atoms with van der Waals surface area (Å²) in [7, 11) is -1.61. The van der Waals surface area contributed by atoms with E-state index in [0.717, 1.165) is 5.30 Å². The Hall–Kier alpha value is -1.50. The highest BCUT2D eigenvalue weighted by Crippen LogP contribution is 2.19. The van der Waals surface area contributed by atoms with Crippen molar-refractivity contribution in [2.24, 2.45) is 0 Å². The minimum Gasteiger partial charge on any atom is -0.276 e. The van der Waals surface area contributed by atoms with Crippen molar-refractivity contribution >= 4 is 35.3 Å². The van der Waals surface area contributed by atoms with E-state index in [-0.39, 0.29) is 0 Å². The third kappa shape index (κ3) is 2.79. The molecule has 1 unspecified atom stereocenters. The van der Waals surface area contributed by atoms with E-state index in [4.69, 9.17) is 11.6 Å². The zero-order valence-electron chi connectivity index (χ0n) is 8.84. The van der Waals surface area contributed by atoms with Crippen molar-refractivity contribution < 1.29 is 9.36 Å². The Balaban J connectivity index is 2.30. The van der Waals surface area contributed by atoms with Gasteiger partial charge in [0.2, 0.25) is 0 Å². The van der Waals surface area contributed by atoms with Gasteiger partial charge in [0.25, 0.3) is 5.24 Å². The molecule has 0 aromatic heterocycles. The average Bonchev–Trinajstić information content (AvgIpc) is 2.39. The molecule has 84 valence electrons. The van der Waals surface area contributed by atoms with Crippen LogP contribution in [0.25, 0.3) is 0 Å². The first kappa shape index (κ1) is 12.0. The van der Waals surface area contributed by atoms with Gasteiger partial charge in [0.1, 0.15) is 0 Å². The summed E-state index contributed by atoms with van der Waals surface area (Å²) >= 11 is 5.34. The van der Waals surface area contributed by atoms with Crippen LogP contribution in [-0.2, 0) is 4.57 Å². The maximum Gasteiger partial charge on any atom is 0.415 e. The van der Waals surface area contributed by atoms with Crippen LogP contribution in [0, 0.1) is 0 Å². The van der Waals surface area contributed by atoms with Crippen LogP contribution in [0.1, 0.15) is 10.4 Å². The Morgan fingerprint density at radius 3 is 1.94 bits per heavy atom. The van der Waals surface area contributed by atoms with E-state index in [1.807, 2.05) is 30.3 Å². The van der Waals surface area contributed by atoms with Gasteiger partial charge in [-0.3, -0.25) is 4.79 Å². The maximum absolute atomic E-state index is 12.2. The van der Waals surface area contributed by atoms with Crippen LogP contribution in [0.15, 0.2) is 54.6 Å². The first-order valence-corrected chi connectivity index (χ1v) is 6.64. The van der Waals surface area contributed by atoms with Gasteiger partial charge in [0.05, 0.1) is 0 Å². The fourth-order valence-electron chi connectivity index (χ4n) is 1.44. The van der Waals surface area contributed by atoms with Gasteiger partial charge in [-0.1, -0.05) is 22.8 Å². The summed E-state index contributed by atoms with van der Waals surface area (Å²) in [6.45, 7) is 0. The molecule has 0 N–H and O–H groups in total. The zero-order valence-corrected chi connectivity index (χ0v) is 10.5. The molecule has 1 atom stereocenters. The normalized spacial score (nSPS) is 11.0. The lowest BCUT2D eigenvalue weighted by molar-refractivity contribution is 0.108. The van der Waals surface area contributed by atoms with Crippen molar-refractivity contribution in [1.29, 1.82) is 0 Å². The molecule has 0 saturated carbocycles. The topological polar surface area (TPSA) is 34.1 Å². The molecule has 2 aromatic carbocycles. The zero-order chi connectivity index (χ0) is 12.3. The second-order valence-electron chi connectivity index (χ2n) is 3.45. The Morgan fingerprint density at radius 2 is 1.41 bits per heavy atom. The van der Waals surface area contributed by atoms with Crippen molar-refractivity contribution in [3.8, 4) is 0 Å². The number of hydrogen-bond donors (Lipinski definition) is 0. The molecule has 0 radical (unpaired) electrons. The number of benzene rings is 2. The molecule has 4 heteroatoms. The van der Waals surface area contributed by atoms with Crippen LogP contribution in [0.2, 0.25) is 0 Å². The molecule has 0 bridgehead atoms. The third-order valence-electron chi connectivity index (χ3n) is 2.32. The second-order valence-corrected chi connectivity index (χ2v) is 5.42. The highest BCUT2D eigenvalue weighted by Gasteiger charge is 2.22. The van der Waals surface area contributed by atoms with E-state index in [1.54, 1.807) is 24.3 Å². The average molecular weight is 264 g/mol. The lowest BCUT2D eigenvalue weighted by atomic mass is 10.2. The minimum atomic E-state index is -1.61. The Bertz CT molecular complexity index is 549. The van der Waals surface area contributed by atoms with Crippen LogP contribution < -0.4 is 10.6 Å². The first-order chi connectivity index (χ1) is 8.18. The number of rotatable bonds is 3. The van der Waals surface area contributed by atoms with E-state index < -0.39 is 13.0 Å². The Kier molecular flexibility index (Phi) is 3.68. The van der Waals surface area contributed by atoms with Gasteiger partial charge < -0.3 is 0 Å². The summed E-state index contributed by atoms with van der Waals surface area (Å²) in [5.41, 5.74) is 0.409. The van der Waals surface area contributed by atoms with Gasteiger partial charge in [-0.05, 0) is 48.0 Å². The summed E-state index contributed by atoms with van der Waals surface area (Å²) in [4.78, 5) is 10.9. The standard InChI is InChI=1S/C13H9ClO2P/c14-13(15)10-6-8-12(9-7-10)17(16)11-4-2-1-3-5-11/h1-9H/q+1. The summed E-state index contributed by atoms with van der Waals surface area (Å²) in [5.74, 6) is 0. The second kappa shape index (κ2) is 5.22. The maximum atomic E-state index is 12.2. The SMILES string of the molecule is O=C(Cl)c1ccc([P+](=O)c2ccccc2)cc1. The van der Waals surface area contributed by atoms with Gasteiger partial charge in [-0.25, -0.2) is 0 Å². The molecule has 17 heavy (non-hydrogen) atoms. The van der Waals surface area contributed by atoms with Crippen LogP contribution in [0.3, 0.4) is 0 Å². The summed E-state index contributed by atoms with van der Waals surface area (Å²) in [6, 6.07) is 15.7. The molecule has 0 heterocycles. The molecular weight excluding hydrogens is 255 g/mol. The predicted molar refractivity (Wildman–Crippen MR) is 69.9 cm³/mol. The van der Waals surface area contributed by atoms with E-state index in [1.165, 1.54) is 0 Å². The molecule has 0 aliphatic heterocycles. The quantitative estimate of drug-likeness (QED) is 0.630. The fourth-order valence-corrected chi connectivity index (χ4v) is 2.73. The molecule has 2 nitrogen and oxygen atoms in total. The third-order valence-corrected chi connectivity index (χ3v) is 4.07. The molecule has 0 aliphatic carbocycles. The van der Waals surface area contributed by atoms with Gasteiger partial charge in [-0.15, -0.1) is 0 Å². The minimum absolute atomic E-state index is 0.409. The molecule has 2 rings (SSSR count). The number of carbonyl (C=O) groups is 1. The summed E-state index contributed by atoms with van der Waals surface area (Å²) in [5, 5.41) is 0.951. The molecule has 2 aromatic rings. The predicted octanol–water partition coefficient (Wildman–Crippen LogP) is 2.84. The number of hydrogen-bond acceptors (Lipinski definition) is 2. The highest BCUT2D eigenvalue weighted by atomic mass is 35.5. The lowest BCUT2D eigenvalue weighted by Crippen LogP contribution is -2.06. The fraction of sp³-hybridized carbons (Fsp3) is 0. The van der Waals surface area contributed by atoms with Gasteiger partial charge in [0, 0.05) is 5.56 Å². The van der Waals surface area contributed by atoms with Crippen molar-refractivity contribution in [3.05, 3.63) is 60.2 Å². The highest BCUT2D eigenvalue weighted by molar-refractivity contribution is 7.61. The smallest absolute Gasteiger partial charge is 0.276 e. The van der Waals surface area contributed by atoms with Crippen molar-refractivity contribution in [2.45, 2.75) is 0 Å². The van der Waals surface area contributed by atoms with Crippen LogP contribution in [0.4, 0.5) is 0 Å². The van der Waals surface area contributed by atoms with Crippen molar-refractivity contribution in [3.63, 3.8) is 0 Å². The molecule has 0 fully saturated rings. The van der Waals surface area contributed by atoms with Crippen LogP contribution >= 0.6 is 19.4 Å². The van der Waals surface area contributed by atoms with E-state index in [9.17, 15) is 9.36 Å². The van der Waals surface area contributed by atoms with E-state index in [0.29, 0.717) is 10.9 Å². The van der Waals surface area contributed by atoms with E-state index >= 15 is 0 Å². The Morgan fingerprint density at radius 1 is 0.882 bits per heavy atom. The monoisotopic (exact) mass is 263 g/mol. The van der Waals surface area contributed by atoms with Crippen molar-refractivity contribution in [1.82, 2.24) is 0 Å². The molecule has 0 saturated heterocycles. The van der Waals surface area contributed by atoms with E-state index in [2.05, 4.69) is 0 Å². The lowest BCUT2D eigenvalue weighted by Gasteiger charge is -1.92. The Labute approximate surface area is 105 Å². The number of carbonyl (C=O) groups excluding carboxylic acids is 1. The van der Waals surface area contributed by atoms with Gasteiger partial charge in [0.15, 0.2) is 10.6 Å². The molecule has 0 aliphatic rings. The first-order valence-electron chi connectivity index (χ1n) is 5.00. The summed E-state index contributed by atoms with van der Waals surface area (Å²) < 4.78 is 12.2. The molecule has 0 spiro atoms.